The Kier molecular flexibility index (Phi) is 1.78. The minimum absolute atomic E-state index is 0.169. The third-order valence-corrected chi connectivity index (χ3v) is 1.59. The number of hydrogen-bond acceptors (Lipinski definition) is 2. The van der Waals surface area contributed by atoms with Gasteiger partial charge >= 0.3 is 0 Å². The summed E-state index contributed by atoms with van der Waals surface area (Å²) in [6, 6.07) is 0. The van der Waals surface area contributed by atoms with Gasteiger partial charge in [0.25, 0.3) is 0 Å². The molecule has 0 heterocycles. The Hall–Kier alpha value is -0.790. The molecule has 2 heteroatoms. The minimum atomic E-state index is -0.169. The van der Waals surface area contributed by atoms with E-state index in [9.17, 15) is 4.79 Å². The van der Waals surface area contributed by atoms with Crippen LogP contribution in [0.25, 0.3) is 0 Å². The summed E-state index contributed by atoms with van der Waals surface area (Å²) in [4.78, 5) is 10.8. The highest BCUT2D eigenvalue weighted by atomic mass is 16.5. The molecule has 0 N–H and O–H groups in total. The maximum atomic E-state index is 10.8. The van der Waals surface area contributed by atoms with Crippen molar-refractivity contribution in [2.24, 2.45) is 0 Å². The van der Waals surface area contributed by atoms with Crippen molar-refractivity contribution in [3.05, 3.63) is 11.3 Å². The number of rotatable bonds is 1. The molecule has 0 aromatic heterocycles. The van der Waals surface area contributed by atoms with Gasteiger partial charge in [-0.2, -0.15) is 0 Å². The summed E-state index contributed by atoms with van der Waals surface area (Å²) in [5.74, 6) is 1.08. The maximum Gasteiger partial charge on any atom is 0.169 e. The number of hydrogen-bond donors (Lipinski definition) is 0. The summed E-state index contributed by atoms with van der Waals surface area (Å²) < 4.78 is 5.52. The zero-order valence-electron chi connectivity index (χ0n) is 7.52. The number of Topliss-reactive ketones (excluding diaryl/α,β-unsaturated/α-hetero) is 1. The molecule has 62 valence electrons. The second kappa shape index (κ2) is 2.36. The predicted molar refractivity (Wildman–Crippen MR) is 43.2 cm³/mol. The highest BCUT2D eigenvalue weighted by Gasteiger charge is 2.27. The van der Waals surface area contributed by atoms with Gasteiger partial charge in [-0.15, -0.1) is 0 Å². The normalized spacial score (nSPS) is 18.4. The molecule has 0 aromatic rings. The lowest BCUT2D eigenvalue weighted by Crippen LogP contribution is -2.26. The van der Waals surface area contributed by atoms with Gasteiger partial charge in [-0.05, 0) is 27.7 Å². The lowest BCUT2D eigenvalue weighted by molar-refractivity contribution is -0.119. The van der Waals surface area contributed by atoms with E-state index in [2.05, 4.69) is 0 Å². The summed E-state index contributed by atoms with van der Waals surface area (Å²) in [5.41, 5.74) is 0.622. The van der Waals surface area contributed by atoms with Gasteiger partial charge in [0.15, 0.2) is 5.78 Å². The van der Waals surface area contributed by atoms with Crippen LogP contribution in [0.5, 0.6) is 0 Å². The van der Waals surface area contributed by atoms with Gasteiger partial charge in [-0.1, -0.05) is 0 Å². The van der Waals surface area contributed by atoms with Gasteiger partial charge in [-0.25, -0.2) is 0 Å². The van der Waals surface area contributed by atoms with Crippen molar-refractivity contribution in [2.75, 3.05) is 0 Å². The molecule has 11 heavy (non-hydrogen) atoms. The van der Waals surface area contributed by atoms with Crippen molar-refractivity contribution in [2.45, 2.75) is 39.7 Å². The number of ketones is 1. The predicted octanol–water partition coefficient (Wildman–Crippen LogP) is 2.05. The second-order valence-electron chi connectivity index (χ2n) is 3.86. The van der Waals surface area contributed by atoms with E-state index in [4.69, 9.17) is 4.74 Å². The summed E-state index contributed by atoms with van der Waals surface area (Å²) in [5, 5.41) is 0. The van der Waals surface area contributed by atoms with Gasteiger partial charge in [0.2, 0.25) is 0 Å². The molecule has 0 aliphatic heterocycles. The number of allylic oxidation sites excluding steroid dienone is 2. The van der Waals surface area contributed by atoms with Crippen LogP contribution in [0.15, 0.2) is 11.3 Å². The molecule has 0 saturated carbocycles. The molecule has 0 aromatic carbocycles. The fourth-order valence-electron chi connectivity index (χ4n) is 0.942. The molecule has 0 unspecified atom stereocenters. The zero-order chi connectivity index (χ0) is 8.65. The summed E-state index contributed by atoms with van der Waals surface area (Å²) in [6.45, 7) is 7.76. The summed E-state index contributed by atoms with van der Waals surface area (Å²) in [7, 11) is 0. The number of carbonyl (C=O) groups is 1. The Morgan fingerprint density at radius 1 is 1.36 bits per heavy atom. The molecule has 1 aliphatic carbocycles. The average molecular weight is 154 g/mol. The van der Waals surface area contributed by atoms with E-state index >= 15 is 0 Å². The van der Waals surface area contributed by atoms with Crippen molar-refractivity contribution in [3.8, 4) is 0 Å². The first-order valence-electron chi connectivity index (χ1n) is 3.82. The smallest absolute Gasteiger partial charge is 0.169 e. The fourth-order valence-corrected chi connectivity index (χ4v) is 0.942. The van der Waals surface area contributed by atoms with Crippen LogP contribution in [-0.4, -0.2) is 11.4 Å². The van der Waals surface area contributed by atoms with E-state index in [1.165, 1.54) is 0 Å². The van der Waals surface area contributed by atoms with Gasteiger partial charge in [0.05, 0.1) is 6.42 Å². The molecule has 0 amide bonds. The molecular weight excluding hydrogens is 140 g/mol. The highest BCUT2D eigenvalue weighted by Crippen LogP contribution is 2.28. The molecule has 1 aliphatic rings. The van der Waals surface area contributed by atoms with E-state index in [1.54, 1.807) is 0 Å². The SMILES string of the molecule is CC1=C(OC(C)(C)C)CC1=O. The Morgan fingerprint density at radius 2 is 1.91 bits per heavy atom. The largest absolute Gasteiger partial charge is 0.492 e. The third-order valence-electron chi connectivity index (χ3n) is 1.59. The van der Waals surface area contributed by atoms with Crippen LogP contribution in [0.3, 0.4) is 0 Å². The topological polar surface area (TPSA) is 26.3 Å². The Bertz CT molecular complexity index is 218. The number of ether oxygens (including phenoxy) is 1. The van der Waals surface area contributed by atoms with Crippen molar-refractivity contribution < 1.29 is 9.53 Å². The third kappa shape index (κ3) is 1.82. The van der Waals surface area contributed by atoms with Crippen molar-refractivity contribution >= 4 is 5.78 Å². The monoisotopic (exact) mass is 154 g/mol. The number of carbonyl (C=O) groups excluding carboxylic acids is 1. The van der Waals surface area contributed by atoms with Crippen LogP contribution in [0, 0.1) is 0 Å². The first kappa shape index (κ1) is 8.31. The fraction of sp³-hybridized carbons (Fsp3) is 0.667. The molecule has 0 bridgehead atoms. The molecule has 0 saturated heterocycles. The van der Waals surface area contributed by atoms with Crippen LogP contribution < -0.4 is 0 Å². The Labute approximate surface area is 67.2 Å². The second-order valence-corrected chi connectivity index (χ2v) is 3.86. The first-order valence-corrected chi connectivity index (χ1v) is 3.82. The van der Waals surface area contributed by atoms with Crippen LogP contribution in [0.1, 0.15) is 34.1 Å². The molecule has 0 atom stereocenters. The van der Waals surface area contributed by atoms with Gasteiger partial charge < -0.3 is 4.74 Å². The highest BCUT2D eigenvalue weighted by molar-refractivity contribution is 6.03. The van der Waals surface area contributed by atoms with E-state index in [0.717, 1.165) is 11.3 Å². The molecule has 0 radical (unpaired) electrons. The Morgan fingerprint density at radius 3 is 2.18 bits per heavy atom. The van der Waals surface area contributed by atoms with Crippen molar-refractivity contribution in [1.82, 2.24) is 0 Å². The van der Waals surface area contributed by atoms with E-state index in [0.29, 0.717) is 6.42 Å². The lowest BCUT2D eigenvalue weighted by Gasteiger charge is -2.28. The zero-order valence-corrected chi connectivity index (χ0v) is 7.52. The van der Waals surface area contributed by atoms with E-state index in [-0.39, 0.29) is 11.4 Å². The van der Waals surface area contributed by atoms with Crippen molar-refractivity contribution in [3.63, 3.8) is 0 Å². The van der Waals surface area contributed by atoms with Gasteiger partial charge in [0, 0.05) is 5.57 Å². The van der Waals surface area contributed by atoms with E-state index in [1.807, 2.05) is 27.7 Å². The molecule has 1 rings (SSSR count). The summed E-state index contributed by atoms with van der Waals surface area (Å²) in [6.07, 6.45) is 0.489. The average Bonchev–Trinajstić information content (AvgIpc) is 1.84. The van der Waals surface area contributed by atoms with Crippen LogP contribution in [0.4, 0.5) is 0 Å². The maximum absolute atomic E-state index is 10.8. The lowest BCUT2D eigenvalue weighted by atomic mass is 9.95. The molecule has 2 nitrogen and oxygen atoms in total. The van der Waals surface area contributed by atoms with Gasteiger partial charge in [0.1, 0.15) is 11.4 Å². The standard InChI is InChI=1S/C9H14O2/c1-6-7(10)5-8(6)11-9(2,3)4/h5H2,1-4H3. The quantitative estimate of drug-likeness (QED) is 0.577. The van der Waals surface area contributed by atoms with Gasteiger partial charge in [-0.3, -0.25) is 4.79 Å². The molecule has 0 fully saturated rings. The Balaban J connectivity index is 2.61. The van der Waals surface area contributed by atoms with Crippen LogP contribution in [0.2, 0.25) is 0 Å². The van der Waals surface area contributed by atoms with Crippen molar-refractivity contribution in [1.29, 1.82) is 0 Å². The summed E-state index contributed by atoms with van der Waals surface area (Å²) >= 11 is 0. The first-order chi connectivity index (χ1) is 4.90. The molecule has 0 spiro atoms. The minimum Gasteiger partial charge on any atom is -0.492 e. The van der Waals surface area contributed by atoms with E-state index < -0.39 is 0 Å². The molecular formula is C9H14O2. The van der Waals surface area contributed by atoms with Crippen LogP contribution in [-0.2, 0) is 9.53 Å². The van der Waals surface area contributed by atoms with Crippen LogP contribution >= 0.6 is 0 Å².